The fourth-order valence-electron chi connectivity index (χ4n) is 2.02. The number of aryl methyl sites for hydroxylation is 2. The molecule has 0 saturated heterocycles. The highest BCUT2D eigenvalue weighted by Gasteiger charge is 2.15. The van der Waals surface area contributed by atoms with E-state index in [1.807, 2.05) is 26.8 Å². The summed E-state index contributed by atoms with van der Waals surface area (Å²) in [6, 6.07) is 4.02. The van der Waals surface area contributed by atoms with Gasteiger partial charge in [-0.15, -0.1) is 0 Å². The van der Waals surface area contributed by atoms with E-state index in [2.05, 4.69) is 21.2 Å². The monoisotopic (exact) mass is 329 g/mol. The molecule has 5 heteroatoms. The molecule has 1 aromatic heterocycles. The Hall–Kier alpha value is -1.36. The van der Waals surface area contributed by atoms with Crippen LogP contribution in [0.1, 0.15) is 30.0 Å². The van der Waals surface area contributed by atoms with Crippen LogP contribution in [0.4, 0.5) is 14.5 Å². The summed E-state index contributed by atoms with van der Waals surface area (Å²) in [5.74, 6) is 0.359. The number of nitrogens with one attached hydrogen (secondary N) is 1. The fraction of sp³-hybridized carbons (Fsp3) is 0.286. The number of hydrogen-bond donors (Lipinski definition) is 1. The highest BCUT2D eigenvalue weighted by atomic mass is 79.9. The lowest BCUT2D eigenvalue weighted by molar-refractivity contribution is 0.499. The van der Waals surface area contributed by atoms with E-state index in [0.717, 1.165) is 23.2 Å². The van der Waals surface area contributed by atoms with Crippen LogP contribution in [-0.2, 0) is 0 Å². The molecule has 0 saturated carbocycles. The maximum absolute atomic E-state index is 13.7. The summed E-state index contributed by atoms with van der Waals surface area (Å²) in [6.07, 6.45) is 0. The molecule has 0 spiro atoms. The molecular formula is C14H14BrF2NO. The Balaban J connectivity index is 2.26. The van der Waals surface area contributed by atoms with Gasteiger partial charge in [0.05, 0.1) is 16.2 Å². The normalized spacial score (nSPS) is 12.5. The standard InChI is InChI=1S/C14H14BrF2NO/c1-7-4-10(9(3)19-7)8(2)18-14-5-11(15)12(16)6-13(14)17/h4-6,8,18H,1-3H3. The average Bonchev–Trinajstić information content (AvgIpc) is 2.65. The van der Waals surface area contributed by atoms with E-state index in [9.17, 15) is 8.78 Å². The van der Waals surface area contributed by atoms with Crippen LogP contribution in [0.25, 0.3) is 0 Å². The van der Waals surface area contributed by atoms with Gasteiger partial charge in [-0.25, -0.2) is 8.78 Å². The fourth-order valence-corrected chi connectivity index (χ4v) is 2.37. The van der Waals surface area contributed by atoms with Gasteiger partial charge >= 0.3 is 0 Å². The molecule has 2 aromatic rings. The van der Waals surface area contributed by atoms with Gasteiger partial charge in [0.25, 0.3) is 0 Å². The van der Waals surface area contributed by atoms with Crippen molar-refractivity contribution in [2.75, 3.05) is 5.32 Å². The molecule has 0 amide bonds. The molecule has 1 atom stereocenters. The quantitative estimate of drug-likeness (QED) is 0.791. The van der Waals surface area contributed by atoms with Crippen molar-refractivity contribution in [1.29, 1.82) is 0 Å². The predicted octanol–water partition coefficient (Wildman–Crippen LogP) is 5.11. The second-order valence-corrected chi connectivity index (χ2v) is 5.34. The topological polar surface area (TPSA) is 25.2 Å². The second kappa shape index (κ2) is 5.33. The van der Waals surface area contributed by atoms with Crippen molar-refractivity contribution in [1.82, 2.24) is 0 Å². The highest BCUT2D eigenvalue weighted by Crippen LogP contribution is 2.29. The van der Waals surface area contributed by atoms with Gasteiger partial charge in [-0.1, -0.05) is 0 Å². The highest BCUT2D eigenvalue weighted by molar-refractivity contribution is 9.10. The first-order valence-corrected chi connectivity index (χ1v) is 6.65. The summed E-state index contributed by atoms with van der Waals surface area (Å²) in [5.41, 5.74) is 1.20. The summed E-state index contributed by atoms with van der Waals surface area (Å²) >= 11 is 3.04. The first kappa shape index (κ1) is 14.1. The van der Waals surface area contributed by atoms with Crippen LogP contribution in [-0.4, -0.2) is 0 Å². The third kappa shape index (κ3) is 2.97. The van der Waals surface area contributed by atoms with Crippen molar-refractivity contribution in [2.45, 2.75) is 26.8 Å². The van der Waals surface area contributed by atoms with Crippen LogP contribution in [0.5, 0.6) is 0 Å². The van der Waals surface area contributed by atoms with E-state index in [4.69, 9.17) is 4.42 Å². The Morgan fingerprint density at radius 1 is 1.16 bits per heavy atom. The maximum Gasteiger partial charge on any atom is 0.149 e. The molecule has 2 rings (SSSR count). The largest absolute Gasteiger partial charge is 0.466 e. The molecule has 0 aliphatic heterocycles. The molecule has 0 aliphatic rings. The van der Waals surface area contributed by atoms with Crippen molar-refractivity contribution < 1.29 is 13.2 Å². The summed E-state index contributed by atoms with van der Waals surface area (Å²) in [5, 5.41) is 3.02. The van der Waals surface area contributed by atoms with Gasteiger partial charge in [0.1, 0.15) is 23.2 Å². The zero-order valence-corrected chi connectivity index (χ0v) is 12.4. The zero-order chi connectivity index (χ0) is 14.2. The number of furan rings is 1. The SMILES string of the molecule is Cc1cc(C(C)Nc2cc(Br)c(F)cc2F)c(C)o1. The summed E-state index contributed by atoms with van der Waals surface area (Å²) < 4.78 is 32.5. The Morgan fingerprint density at radius 2 is 1.84 bits per heavy atom. The number of rotatable bonds is 3. The van der Waals surface area contributed by atoms with Crippen LogP contribution in [0.3, 0.4) is 0 Å². The number of hydrogen-bond acceptors (Lipinski definition) is 2. The first-order chi connectivity index (χ1) is 8.88. The summed E-state index contributed by atoms with van der Waals surface area (Å²) in [6.45, 7) is 5.61. The lowest BCUT2D eigenvalue weighted by Crippen LogP contribution is -2.08. The number of benzene rings is 1. The minimum absolute atomic E-state index is 0.135. The maximum atomic E-state index is 13.7. The van der Waals surface area contributed by atoms with E-state index in [1.165, 1.54) is 6.07 Å². The van der Waals surface area contributed by atoms with Crippen LogP contribution >= 0.6 is 15.9 Å². The molecule has 2 nitrogen and oxygen atoms in total. The number of halogens is 3. The third-order valence-electron chi connectivity index (χ3n) is 2.93. The van der Waals surface area contributed by atoms with Crippen molar-refractivity contribution >= 4 is 21.6 Å². The molecule has 1 N–H and O–H groups in total. The molecule has 0 fully saturated rings. The smallest absolute Gasteiger partial charge is 0.149 e. The van der Waals surface area contributed by atoms with Crippen LogP contribution in [0.2, 0.25) is 0 Å². The second-order valence-electron chi connectivity index (χ2n) is 4.48. The van der Waals surface area contributed by atoms with E-state index >= 15 is 0 Å². The van der Waals surface area contributed by atoms with Gasteiger partial charge in [0, 0.05) is 11.6 Å². The molecule has 0 aliphatic carbocycles. The van der Waals surface area contributed by atoms with Gasteiger partial charge in [-0.2, -0.15) is 0 Å². The molecule has 102 valence electrons. The van der Waals surface area contributed by atoms with Crippen LogP contribution in [0, 0.1) is 25.5 Å². The van der Waals surface area contributed by atoms with E-state index in [-0.39, 0.29) is 16.2 Å². The van der Waals surface area contributed by atoms with Crippen LogP contribution in [0.15, 0.2) is 27.1 Å². The average molecular weight is 330 g/mol. The lowest BCUT2D eigenvalue weighted by Gasteiger charge is -2.15. The minimum Gasteiger partial charge on any atom is -0.466 e. The van der Waals surface area contributed by atoms with Gasteiger partial charge < -0.3 is 9.73 Å². The predicted molar refractivity (Wildman–Crippen MR) is 74.3 cm³/mol. The van der Waals surface area contributed by atoms with Crippen molar-refractivity contribution in [2.24, 2.45) is 0 Å². The van der Waals surface area contributed by atoms with Crippen LogP contribution < -0.4 is 5.32 Å². The molecule has 1 unspecified atom stereocenters. The van der Waals surface area contributed by atoms with Crippen molar-refractivity contribution in [3.8, 4) is 0 Å². The Morgan fingerprint density at radius 3 is 2.42 bits per heavy atom. The van der Waals surface area contributed by atoms with Gasteiger partial charge in [-0.3, -0.25) is 0 Å². The van der Waals surface area contributed by atoms with Gasteiger partial charge in [0.15, 0.2) is 0 Å². The van der Waals surface area contributed by atoms with Crippen molar-refractivity contribution in [3.63, 3.8) is 0 Å². The molecule has 19 heavy (non-hydrogen) atoms. The summed E-state index contributed by atoms with van der Waals surface area (Å²) in [7, 11) is 0. The Kier molecular flexibility index (Phi) is 3.94. The molecule has 1 aromatic carbocycles. The van der Waals surface area contributed by atoms with Gasteiger partial charge in [0.2, 0.25) is 0 Å². The molecule has 1 heterocycles. The van der Waals surface area contributed by atoms with Crippen molar-refractivity contribution in [3.05, 3.63) is 51.4 Å². The zero-order valence-electron chi connectivity index (χ0n) is 10.9. The molecule has 0 radical (unpaired) electrons. The minimum atomic E-state index is -0.620. The first-order valence-electron chi connectivity index (χ1n) is 5.86. The van der Waals surface area contributed by atoms with E-state index < -0.39 is 11.6 Å². The van der Waals surface area contributed by atoms with E-state index in [1.54, 1.807) is 0 Å². The number of anilines is 1. The molecular weight excluding hydrogens is 316 g/mol. The lowest BCUT2D eigenvalue weighted by atomic mass is 10.1. The van der Waals surface area contributed by atoms with E-state index in [0.29, 0.717) is 0 Å². The molecule has 0 bridgehead atoms. The Bertz CT molecular complexity index is 610. The van der Waals surface area contributed by atoms with Gasteiger partial charge in [-0.05, 0) is 48.8 Å². The summed E-state index contributed by atoms with van der Waals surface area (Å²) in [4.78, 5) is 0. The third-order valence-corrected chi connectivity index (χ3v) is 3.54. The Labute approximate surface area is 118 Å².